The van der Waals surface area contributed by atoms with Crippen LogP contribution in [-0.4, -0.2) is 21.3 Å². The Hall–Kier alpha value is -3.45. The van der Waals surface area contributed by atoms with Gasteiger partial charge in [0.15, 0.2) is 0 Å². The van der Waals surface area contributed by atoms with Crippen molar-refractivity contribution in [3.63, 3.8) is 0 Å². The van der Waals surface area contributed by atoms with Crippen molar-refractivity contribution in [1.29, 1.82) is 0 Å². The summed E-state index contributed by atoms with van der Waals surface area (Å²) in [5.41, 5.74) is 3.13. The van der Waals surface area contributed by atoms with Crippen LogP contribution >= 0.6 is 8.24 Å². The molecule has 1 N–H and O–H groups in total. The Morgan fingerprint density at radius 2 is 1.02 bits per heavy atom. The second kappa shape index (κ2) is 11.3. The first-order valence-electron chi connectivity index (χ1n) is 16.6. The number of aromatic hydroxyl groups is 1. The number of hydrogen-bond donors (Lipinski definition) is 1. The molecule has 7 heteroatoms. The fraction of sp³-hybridized carbons (Fsp3) is 0.350. The van der Waals surface area contributed by atoms with Gasteiger partial charge in [0.2, 0.25) is 0 Å². The van der Waals surface area contributed by atoms with Crippen molar-refractivity contribution in [3.05, 3.63) is 83.9 Å². The molecule has 0 radical (unpaired) electrons. The van der Waals surface area contributed by atoms with Gasteiger partial charge in [-0.3, -0.25) is 0 Å². The molecular formula is C40H49O4PSi2. The molecule has 0 atom stereocenters. The number of hydrogen-bond acceptors (Lipinski definition) is 4. The Morgan fingerprint density at radius 1 is 0.596 bits per heavy atom. The van der Waals surface area contributed by atoms with Crippen LogP contribution in [0.1, 0.15) is 52.7 Å². The van der Waals surface area contributed by atoms with Gasteiger partial charge in [-0.2, -0.15) is 0 Å². The Morgan fingerprint density at radius 3 is 1.43 bits per heavy atom. The second-order valence-corrected chi connectivity index (χ2v) is 28.1. The van der Waals surface area contributed by atoms with E-state index >= 15 is 0 Å². The van der Waals surface area contributed by atoms with E-state index in [2.05, 4.69) is 148 Å². The van der Waals surface area contributed by atoms with Gasteiger partial charge in [-0.1, -0.05) is 141 Å². The highest BCUT2D eigenvalue weighted by Gasteiger charge is 2.30. The fourth-order valence-corrected chi connectivity index (χ4v) is 10.7. The summed E-state index contributed by atoms with van der Waals surface area (Å²) in [6, 6.07) is 25.8. The molecule has 4 nitrogen and oxygen atoms in total. The van der Waals surface area contributed by atoms with E-state index in [0.717, 1.165) is 43.8 Å². The predicted octanol–water partition coefficient (Wildman–Crippen LogP) is 11.8. The third kappa shape index (κ3) is 6.16. The minimum absolute atomic E-state index is 0.216. The lowest BCUT2D eigenvalue weighted by molar-refractivity contribution is 0.434. The molecule has 5 aromatic carbocycles. The summed E-state index contributed by atoms with van der Waals surface area (Å²) in [5.74, 6) is 0.804. The van der Waals surface area contributed by atoms with E-state index in [4.69, 9.17) is 12.9 Å². The Kier molecular flexibility index (Phi) is 8.06. The van der Waals surface area contributed by atoms with Gasteiger partial charge in [-0.15, -0.1) is 0 Å². The first-order valence-corrected chi connectivity index (χ1v) is 24.7. The Bertz CT molecular complexity index is 2110. The van der Waals surface area contributed by atoms with Crippen LogP contribution in [0, 0.1) is 0 Å². The summed E-state index contributed by atoms with van der Waals surface area (Å²) in [5, 5.41) is 20.7. The molecule has 47 heavy (non-hydrogen) atoms. The molecule has 0 spiro atoms. The second-order valence-electron chi connectivity index (χ2n) is 17.1. The average molecular weight is 681 g/mol. The summed E-state index contributed by atoms with van der Waals surface area (Å²) in [4.78, 5) is 0. The van der Waals surface area contributed by atoms with Crippen molar-refractivity contribution < 1.29 is 18.0 Å². The third-order valence-electron chi connectivity index (χ3n) is 9.09. The van der Waals surface area contributed by atoms with Gasteiger partial charge in [0.05, 0.1) is 16.1 Å². The summed E-state index contributed by atoms with van der Waals surface area (Å²) >= 11 is 0. The standard InChI is InChI=1S/C40H49O4PSi2/c1-39(2,3)29-23-30(40(4,5)6)32(24-31(29)41)42-45-43-37-33(46(7,8)9)21-25-17-13-15-19-27(25)35(37)36-28-20-16-14-18-26(28)22-34(38(36)44-45)47(10,11)12/h13-24,41H,1-12H3. The van der Waals surface area contributed by atoms with E-state index in [9.17, 15) is 5.11 Å². The van der Waals surface area contributed by atoms with Gasteiger partial charge in [0.25, 0.3) is 0 Å². The van der Waals surface area contributed by atoms with E-state index in [-0.39, 0.29) is 16.6 Å². The number of fused-ring (bicyclic) bond motifs is 7. The van der Waals surface area contributed by atoms with Crippen LogP contribution < -0.4 is 14.9 Å². The summed E-state index contributed by atoms with van der Waals surface area (Å²) in [7, 11) is -5.86. The molecule has 0 aliphatic carbocycles. The fourth-order valence-electron chi connectivity index (χ4n) is 6.57. The van der Waals surface area contributed by atoms with Crippen LogP contribution in [0.5, 0.6) is 11.5 Å². The van der Waals surface area contributed by atoms with Gasteiger partial charge in [-0.05, 0) is 54.4 Å². The lowest BCUT2D eigenvalue weighted by Crippen LogP contribution is -2.38. The van der Waals surface area contributed by atoms with E-state index in [1.54, 1.807) is 6.07 Å². The highest BCUT2D eigenvalue weighted by molar-refractivity contribution is 7.32. The zero-order chi connectivity index (χ0) is 34.3. The van der Waals surface area contributed by atoms with Crippen LogP contribution in [0.15, 0.2) is 81.2 Å². The molecule has 0 unspecified atom stereocenters. The highest BCUT2D eigenvalue weighted by Crippen LogP contribution is 2.46. The lowest BCUT2D eigenvalue weighted by Gasteiger charge is -2.27. The largest absolute Gasteiger partial charge is 0.508 e. The predicted molar refractivity (Wildman–Crippen MR) is 209 cm³/mol. The first kappa shape index (κ1) is 33.5. The maximum Gasteiger partial charge on any atom is 0.453 e. The molecule has 0 aliphatic rings. The van der Waals surface area contributed by atoms with E-state index in [1.807, 2.05) is 0 Å². The number of phenols is 1. The van der Waals surface area contributed by atoms with Gasteiger partial charge in [-0.25, -0.2) is 0 Å². The topological polar surface area (TPSA) is 55.7 Å². The van der Waals surface area contributed by atoms with Crippen molar-refractivity contribution in [1.82, 2.24) is 0 Å². The molecule has 1 heterocycles. The summed E-state index contributed by atoms with van der Waals surface area (Å²) in [6.07, 6.45) is 0. The smallest absolute Gasteiger partial charge is 0.453 e. The maximum atomic E-state index is 11.3. The summed E-state index contributed by atoms with van der Waals surface area (Å²) in [6.45, 7) is 27.1. The van der Waals surface area contributed by atoms with E-state index in [1.165, 1.54) is 21.1 Å². The highest BCUT2D eigenvalue weighted by atomic mass is 31.1. The quantitative estimate of drug-likeness (QED) is 0.188. The van der Waals surface area contributed by atoms with Crippen molar-refractivity contribution in [2.75, 3.05) is 0 Å². The Balaban J connectivity index is 1.85. The van der Waals surface area contributed by atoms with Crippen LogP contribution in [-0.2, 0) is 10.8 Å². The van der Waals surface area contributed by atoms with Crippen LogP contribution in [0.4, 0.5) is 0 Å². The minimum Gasteiger partial charge on any atom is -0.508 e. The monoisotopic (exact) mass is 680 g/mol. The molecule has 0 amide bonds. The normalized spacial score (nSPS) is 13.2. The van der Waals surface area contributed by atoms with Crippen LogP contribution in [0.2, 0.25) is 39.3 Å². The van der Waals surface area contributed by atoms with Gasteiger partial charge in [0.1, 0.15) is 22.7 Å². The Labute approximate surface area is 282 Å². The van der Waals surface area contributed by atoms with E-state index < -0.39 is 24.4 Å². The van der Waals surface area contributed by atoms with Crippen molar-refractivity contribution in [2.24, 2.45) is 0 Å². The first-order chi connectivity index (χ1) is 21.7. The van der Waals surface area contributed by atoms with Gasteiger partial charge in [0, 0.05) is 22.4 Å². The van der Waals surface area contributed by atoms with Crippen molar-refractivity contribution in [2.45, 2.75) is 91.7 Å². The van der Waals surface area contributed by atoms with Crippen molar-refractivity contribution in [3.8, 4) is 11.5 Å². The number of rotatable bonds is 4. The number of benzene rings is 5. The molecule has 6 aromatic rings. The molecule has 0 aliphatic heterocycles. The molecular weight excluding hydrogens is 632 g/mol. The zero-order valence-electron chi connectivity index (χ0n) is 30.0. The minimum atomic E-state index is -1.97. The molecule has 0 bridgehead atoms. The zero-order valence-corrected chi connectivity index (χ0v) is 32.9. The molecule has 0 saturated carbocycles. The molecule has 246 valence electrons. The summed E-state index contributed by atoms with van der Waals surface area (Å²) < 4.78 is 21.1. The SMILES string of the molecule is CC(C)(C)c1cc(C(C)(C)C)c(Op2oc3c([Si](C)(C)C)cc4ccccc4c3c3c(o2)c([Si](C)(C)C)cc2ccccc23)cc1O. The molecule has 6 rings (SSSR count). The van der Waals surface area contributed by atoms with Crippen LogP contribution in [0.3, 0.4) is 0 Å². The molecule has 0 saturated heterocycles. The average Bonchev–Trinajstić information content (AvgIpc) is 3.11. The molecule has 1 aromatic heterocycles. The van der Waals surface area contributed by atoms with Crippen LogP contribution in [0.25, 0.3) is 43.5 Å². The number of phenolic OH excluding ortho intramolecular Hbond substituents is 1. The van der Waals surface area contributed by atoms with Gasteiger partial charge >= 0.3 is 8.24 Å². The van der Waals surface area contributed by atoms with Crippen molar-refractivity contribution >= 4 is 78.2 Å². The lowest BCUT2D eigenvalue weighted by atomic mass is 9.80. The van der Waals surface area contributed by atoms with E-state index in [0.29, 0.717) is 5.75 Å². The van der Waals surface area contributed by atoms with Gasteiger partial charge < -0.3 is 18.0 Å². The third-order valence-corrected chi connectivity index (χ3v) is 14.1. The maximum absolute atomic E-state index is 11.3. The molecule has 0 fully saturated rings.